The van der Waals surface area contributed by atoms with Crippen molar-refractivity contribution >= 4 is 34.6 Å². The number of nitrogens with zero attached hydrogens (tertiary/aromatic N) is 3. The van der Waals surface area contributed by atoms with Gasteiger partial charge in [0.15, 0.2) is 5.11 Å². The fraction of sp³-hybridized carbons (Fsp3) is 0.303. The molecule has 3 heterocycles. The van der Waals surface area contributed by atoms with Gasteiger partial charge in [-0.3, -0.25) is 9.78 Å². The summed E-state index contributed by atoms with van der Waals surface area (Å²) in [4.78, 5) is 19.3. The minimum absolute atomic E-state index is 0.00104. The number of nitrogens with one attached hydrogen (secondary N) is 2. The number of pyridine rings is 1. The first-order valence-corrected chi connectivity index (χ1v) is 14.2. The minimum atomic E-state index is -0.137. The highest BCUT2D eigenvalue weighted by atomic mass is 32.1. The van der Waals surface area contributed by atoms with Crippen molar-refractivity contribution in [2.75, 3.05) is 10.2 Å². The van der Waals surface area contributed by atoms with Gasteiger partial charge < -0.3 is 20.1 Å². The standard InChI is InChI=1S/C33H37N5OS/c1-19(2)32(39)35-28-12-11-25(17-22(28)5)38-31(30(36-33(38)40)29-10-8-9-13-34-29)27-18-23(6)37(24(27)7)26-15-20(3)14-21(4)16-26/h8-19,30-31H,1-7H3,(H,35,39)(H,36,40). The molecule has 0 bridgehead atoms. The van der Waals surface area contributed by atoms with E-state index in [1.807, 2.05) is 51.2 Å². The Kier molecular flexibility index (Phi) is 7.51. The molecule has 0 radical (unpaired) electrons. The van der Waals surface area contributed by atoms with Crippen molar-refractivity contribution in [3.8, 4) is 5.69 Å². The highest BCUT2D eigenvalue weighted by Crippen LogP contribution is 2.44. The third-order valence-electron chi connectivity index (χ3n) is 7.62. The normalized spacial score (nSPS) is 16.9. The molecule has 6 nitrogen and oxygen atoms in total. The van der Waals surface area contributed by atoms with Gasteiger partial charge in [0.2, 0.25) is 5.91 Å². The van der Waals surface area contributed by atoms with Gasteiger partial charge in [-0.15, -0.1) is 0 Å². The van der Waals surface area contributed by atoms with E-state index in [4.69, 9.17) is 17.2 Å². The van der Waals surface area contributed by atoms with Crippen LogP contribution in [0.4, 0.5) is 11.4 Å². The zero-order valence-electron chi connectivity index (χ0n) is 24.2. The van der Waals surface area contributed by atoms with E-state index in [0.29, 0.717) is 5.11 Å². The molecule has 2 atom stereocenters. The lowest BCUT2D eigenvalue weighted by molar-refractivity contribution is -0.118. The van der Waals surface area contributed by atoms with Crippen LogP contribution in [0.3, 0.4) is 0 Å². The number of rotatable bonds is 6. The van der Waals surface area contributed by atoms with Gasteiger partial charge in [-0.2, -0.15) is 0 Å². The maximum atomic E-state index is 12.4. The van der Waals surface area contributed by atoms with Crippen LogP contribution in [0, 0.1) is 40.5 Å². The number of thiocarbonyl (C=S) groups is 1. The predicted octanol–water partition coefficient (Wildman–Crippen LogP) is 7.19. The third-order valence-corrected chi connectivity index (χ3v) is 7.94. The second-order valence-electron chi connectivity index (χ2n) is 11.1. The zero-order chi connectivity index (χ0) is 28.7. The van der Waals surface area contributed by atoms with Crippen molar-refractivity contribution in [3.05, 3.63) is 106 Å². The Morgan fingerprint density at radius 2 is 1.68 bits per heavy atom. The molecule has 0 spiro atoms. The van der Waals surface area contributed by atoms with Gasteiger partial charge >= 0.3 is 0 Å². The van der Waals surface area contributed by atoms with Crippen molar-refractivity contribution in [2.24, 2.45) is 5.92 Å². The fourth-order valence-corrected chi connectivity index (χ4v) is 6.07. The topological polar surface area (TPSA) is 62.2 Å². The Morgan fingerprint density at radius 3 is 2.30 bits per heavy atom. The largest absolute Gasteiger partial charge is 0.351 e. The van der Waals surface area contributed by atoms with E-state index in [9.17, 15) is 4.79 Å². The average molecular weight is 552 g/mol. The molecule has 5 rings (SSSR count). The molecule has 1 amide bonds. The van der Waals surface area contributed by atoms with Crippen LogP contribution in [-0.2, 0) is 4.79 Å². The molecule has 4 aromatic rings. The lowest BCUT2D eigenvalue weighted by Crippen LogP contribution is -2.29. The van der Waals surface area contributed by atoms with Crippen LogP contribution in [0.25, 0.3) is 5.69 Å². The Hall–Kier alpha value is -3.97. The lowest BCUT2D eigenvalue weighted by Gasteiger charge is -2.29. The number of anilines is 2. The van der Waals surface area contributed by atoms with Gasteiger partial charge in [0.05, 0.1) is 17.8 Å². The van der Waals surface area contributed by atoms with Gasteiger partial charge in [0, 0.05) is 40.6 Å². The van der Waals surface area contributed by atoms with Crippen LogP contribution < -0.4 is 15.5 Å². The molecule has 2 aromatic carbocycles. The third kappa shape index (κ3) is 5.13. The molecular weight excluding hydrogens is 514 g/mol. The molecule has 2 unspecified atom stereocenters. The van der Waals surface area contributed by atoms with Crippen LogP contribution in [0.2, 0.25) is 0 Å². The van der Waals surface area contributed by atoms with Gasteiger partial charge in [0.1, 0.15) is 0 Å². The average Bonchev–Trinajstić information content (AvgIpc) is 3.39. The van der Waals surface area contributed by atoms with Crippen molar-refractivity contribution < 1.29 is 4.79 Å². The van der Waals surface area contributed by atoms with Crippen LogP contribution in [-0.4, -0.2) is 20.6 Å². The maximum Gasteiger partial charge on any atom is 0.226 e. The van der Waals surface area contributed by atoms with Crippen LogP contribution in [0.1, 0.15) is 65.3 Å². The van der Waals surface area contributed by atoms with E-state index >= 15 is 0 Å². The molecule has 1 saturated heterocycles. The highest BCUT2D eigenvalue weighted by Gasteiger charge is 2.42. The summed E-state index contributed by atoms with van der Waals surface area (Å²) in [7, 11) is 0. The van der Waals surface area contributed by atoms with E-state index in [-0.39, 0.29) is 23.9 Å². The number of aromatic nitrogens is 2. The van der Waals surface area contributed by atoms with Crippen molar-refractivity contribution in [1.29, 1.82) is 0 Å². The number of hydrogen-bond donors (Lipinski definition) is 2. The zero-order valence-corrected chi connectivity index (χ0v) is 25.1. The van der Waals surface area contributed by atoms with E-state index in [1.54, 1.807) is 0 Å². The number of carbonyl (C=O) groups is 1. The number of amides is 1. The van der Waals surface area contributed by atoms with E-state index in [2.05, 4.69) is 84.2 Å². The molecule has 7 heteroatoms. The van der Waals surface area contributed by atoms with E-state index in [0.717, 1.165) is 34.0 Å². The number of carbonyl (C=O) groups excluding carboxylic acids is 1. The number of benzene rings is 2. The molecule has 2 N–H and O–H groups in total. The summed E-state index contributed by atoms with van der Waals surface area (Å²) in [6.45, 7) is 14.4. The molecule has 0 saturated carbocycles. The van der Waals surface area contributed by atoms with Crippen LogP contribution in [0.15, 0.2) is 66.9 Å². The summed E-state index contributed by atoms with van der Waals surface area (Å²) in [6, 6.07) is 20.8. The first kappa shape index (κ1) is 27.6. The molecule has 2 aromatic heterocycles. The Morgan fingerprint density at radius 1 is 0.950 bits per heavy atom. The Bertz CT molecular complexity index is 1570. The van der Waals surface area contributed by atoms with Gasteiger partial charge in [-0.05, 0) is 118 Å². The molecule has 1 aliphatic rings. The molecule has 0 aliphatic carbocycles. The molecule has 1 aliphatic heterocycles. The Labute approximate surface area is 242 Å². The van der Waals surface area contributed by atoms with E-state index in [1.165, 1.54) is 22.4 Å². The molecule has 206 valence electrons. The van der Waals surface area contributed by atoms with Crippen LogP contribution >= 0.6 is 12.2 Å². The second kappa shape index (κ2) is 10.9. The smallest absolute Gasteiger partial charge is 0.226 e. The number of hydrogen-bond acceptors (Lipinski definition) is 3. The lowest BCUT2D eigenvalue weighted by atomic mass is 9.96. The summed E-state index contributed by atoms with van der Waals surface area (Å²) in [5.74, 6) is -0.0912. The summed E-state index contributed by atoms with van der Waals surface area (Å²) >= 11 is 5.98. The predicted molar refractivity (Wildman–Crippen MR) is 167 cm³/mol. The van der Waals surface area contributed by atoms with Crippen molar-refractivity contribution in [3.63, 3.8) is 0 Å². The summed E-state index contributed by atoms with van der Waals surface area (Å²) in [5.41, 5.74) is 10.9. The highest BCUT2D eigenvalue weighted by molar-refractivity contribution is 7.80. The van der Waals surface area contributed by atoms with Gasteiger partial charge in [-0.1, -0.05) is 26.0 Å². The second-order valence-corrected chi connectivity index (χ2v) is 11.5. The molecule has 40 heavy (non-hydrogen) atoms. The first-order valence-electron chi connectivity index (χ1n) is 13.7. The molecular formula is C33H37N5OS. The monoisotopic (exact) mass is 551 g/mol. The Balaban J connectivity index is 1.63. The summed E-state index contributed by atoms with van der Waals surface area (Å²) in [6.07, 6.45) is 1.83. The molecule has 1 fully saturated rings. The maximum absolute atomic E-state index is 12.4. The number of aryl methyl sites for hydroxylation is 4. The van der Waals surface area contributed by atoms with Crippen molar-refractivity contribution in [2.45, 2.75) is 60.5 Å². The fourth-order valence-electron chi connectivity index (χ4n) is 5.73. The van der Waals surface area contributed by atoms with Crippen LogP contribution in [0.5, 0.6) is 0 Å². The summed E-state index contributed by atoms with van der Waals surface area (Å²) in [5, 5.41) is 7.27. The van der Waals surface area contributed by atoms with Gasteiger partial charge in [-0.25, -0.2) is 0 Å². The minimum Gasteiger partial charge on any atom is -0.351 e. The van der Waals surface area contributed by atoms with Gasteiger partial charge in [0.25, 0.3) is 0 Å². The summed E-state index contributed by atoms with van der Waals surface area (Å²) < 4.78 is 2.33. The first-order chi connectivity index (χ1) is 19.0. The van der Waals surface area contributed by atoms with E-state index < -0.39 is 0 Å². The SMILES string of the molecule is Cc1cc(C)cc(-n2c(C)cc(C3C(c4ccccn4)NC(=S)N3c3ccc(NC(=O)C(C)C)c(C)c3)c2C)c1. The quantitative estimate of drug-likeness (QED) is 0.249. The van der Waals surface area contributed by atoms with Crippen molar-refractivity contribution in [1.82, 2.24) is 14.9 Å².